The third-order valence-electron chi connectivity index (χ3n) is 13.9. The SMILES string of the molecule is C=C1CCC2OC(CC(O)CN)C(ON)C2CCC(=O)CCC2CCC3OC4C5OC(CCC6CC(=C)C(CCC(O)CC1C)O6)CC5OC4C(OC)C3O2. The summed E-state index contributed by atoms with van der Waals surface area (Å²) in [6, 6.07) is 0. The predicted octanol–water partition coefficient (Wildman–Crippen LogP) is 3.73. The molecule has 0 aromatic carbocycles. The van der Waals surface area contributed by atoms with Gasteiger partial charge in [0.1, 0.15) is 42.4 Å². The molecule has 10 bridgehead atoms. The van der Waals surface area contributed by atoms with Crippen LogP contribution in [0.15, 0.2) is 24.3 Å². The summed E-state index contributed by atoms with van der Waals surface area (Å²) in [5, 5.41) is 21.5. The molecule has 0 aliphatic carbocycles. The van der Waals surface area contributed by atoms with Crippen molar-refractivity contribution in [3.8, 4) is 0 Å². The van der Waals surface area contributed by atoms with E-state index in [1.165, 1.54) is 0 Å². The number of carbonyl (C=O) groups excluding carboxylic acids is 1. The van der Waals surface area contributed by atoms with Gasteiger partial charge in [0.2, 0.25) is 0 Å². The average molecular weight is 777 g/mol. The molecule has 312 valence electrons. The Morgan fingerprint density at radius 3 is 2.27 bits per heavy atom. The van der Waals surface area contributed by atoms with Crippen molar-refractivity contribution in [1.82, 2.24) is 0 Å². The van der Waals surface area contributed by atoms with Crippen molar-refractivity contribution in [2.24, 2.45) is 23.5 Å². The fourth-order valence-electron chi connectivity index (χ4n) is 10.7. The summed E-state index contributed by atoms with van der Waals surface area (Å²) in [5.74, 6) is 5.99. The van der Waals surface area contributed by atoms with Gasteiger partial charge in [-0.25, -0.2) is 5.90 Å². The van der Waals surface area contributed by atoms with E-state index in [1.807, 2.05) is 0 Å². The summed E-state index contributed by atoms with van der Waals surface area (Å²) in [6.45, 7) is 10.9. The van der Waals surface area contributed by atoms with Gasteiger partial charge in [-0.05, 0) is 88.5 Å². The van der Waals surface area contributed by atoms with Gasteiger partial charge in [0.15, 0.2) is 0 Å². The van der Waals surface area contributed by atoms with E-state index in [-0.39, 0.29) is 97.4 Å². The van der Waals surface area contributed by atoms with Gasteiger partial charge >= 0.3 is 0 Å². The molecule has 9 saturated heterocycles. The molecule has 0 radical (unpaired) electrons. The maximum atomic E-state index is 13.4. The van der Waals surface area contributed by atoms with E-state index in [2.05, 4.69) is 20.1 Å². The topological polar surface area (TPSA) is 183 Å². The van der Waals surface area contributed by atoms with E-state index in [9.17, 15) is 15.0 Å². The van der Waals surface area contributed by atoms with Gasteiger partial charge < -0.3 is 49.1 Å². The molecule has 13 nitrogen and oxygen atoms in total. The number of methoxy groups -OCH3 is 1. The first kappa shape index (κ1) is 41.8. The smallest absolute Gasteiger partial charge is 0.133 e. The lowest BCUT2D eigenvalue weighted by Crippen LogP contribution is -2.62. The molecule has 9 fully saturated rings. The van der Waals surface area contributed by atoms with Crippen LogP contribution in [0.4, 0.5) is 0 Å². The second-order valence-corrected chi connectivity index (χ2v) is 17.7. The van der Waals surface area contributed by atoms with Crippen LogP contribution in [0.1, 0.15) is 110 Å². The van der Waals surface area contributed by atoms with E-state index in [4.69, 9.17) is 49.6 Å². The van der Waals surface area contributed by atoms with Crippen molar-refractivity contribution in [2.75, 3.05) is 13.7 Å². The largest absolute Gasteiger partial charge is 0.393 e. The Bertz CT molecular complexity index is 1320. The molecule has 13 heteroatoms. The lowest BCUT2D eigenvalue weighted by molar-refractivity contribution is -0.269. The number of aliphatic hydroxyl groups excluding tert-OH is 2. The molecule has 18 unspecified atom stereocenters. The van der Waals surface area contributed by atoms with Crippen LogP contribution in [0.2, 0.25) is 0 Å². The van der Waals surface area contributed by atoms with Crippen molar-refractivity contribution < 1.29 is 53.0 Å². The quantitative estimate of drug-likeness (QED) is 0.234. The number of ether oxygens (including phenoxy) is 7. The Morgan fingerprint density at radius 1 is 0.745 bits per heavy atom. The van der Waals surface area contributed by atoms with Crippen LogP contribution < -0.4 is 11.6 Å². The molecule has 55 heavy (non-hydrogen) atoms. The van der Waals surface area contributed by atoms with Gasteiger partial charge in [0.05, 0.1) is 61.0 Å². The second kappa shape index (κ2) is 18.7. The summed E-state index contributed by atoms with van der Waals surface area (Å²) in [6.07, 6.45) is 6.95. The zero-order chi connectivity index (χ0) is 38.8. The number of hydrogen-bond acceptors (Lipinski definition) is 13. The van der Waals surface area contributed by atoms with E-state index in [1.54, 1.807) is 7.11 Å². The summed E-state index contributed by atoms with van der Waals surface area (Å²) in [7, 11) is 1.71. The van der Waals surface area contributed by atoms with Crippen LogP contribution in [0.3, 0.4) is 0 Å². The Labute approximate surface area is 327 Å². The summed E-state index contributed by atoms with van der Waals surface area (Å²) in [5.41, 5.74) is 7.88. The van der Waals surface area contributed by atoms with Crippen LogP contribution in [0, 0.1) is 11.8 Å². The minimum atomic E-state index is -0.747. The van der Waals surface area contributed by atoms with Crippen LogP contribution in [-0.4, -0.2) is 127 Å². The Hall–Kier alpha value is -1.33. The lowest BCUT2D eigenvalue weighted by atomic mass is 9.84. The van der Waals surface area contributed by atoms with Crippen molar-refractivity contribution in [2.45, 2.75) is 207 Å². The van der Waals surface area contributed by atoms with Crippen molar-refractivity contribution in [3.05, 3.63) is 24.3 Å². The maximum Gasteiger partial charge on any atom is 0.133 e. The molecule has 9 aliphatic heterocycles. The van der Waals surface area contributed by atoms with E-state index in [0.29, 0.717) is 57.8 Å². The van der Waals surface area contributed by atoms with Crippen molar-refractivity contribution in [3.63, 3.8) is 0 Å². The molecule has 0 amide bonds. The number of Topliss-reactive ketones (excluding diaryl/α,β-unsaturated/α-hetero) is 1. The molecule has 9 aliphatic rings. The molecule has 0 saturated carbocycles. The number of fused-ring (bicyclic) bond motifs is 1. The molecule has 6 N–H and O–H groups in total. The standard InChI is InChI=1S/C42H68N2O11/c1-22-5-14-33-31(37(55-44)35(52-33)19-27(47)21-43)13-7-25(45)6-9-28-12-16-34-38(50-28)40(48-4)42-41(53-34)39-36(54-42)20-30(51-39)11-10-29-18-24(3)32(49-29)15-8-26(46)17-23(22)2/h23,26-42,46-47H,1,3,5-21,43-44H2,2,4H3. The van der Waals surface area contributed by atoms with Crippen LogP contribution in [0.25, 0.3) is 0 Å². The van der Waals surface area contributed by atoms with Gasteiger partial charge in [-0.2, -0.15) is 0 Å². The summed E-state index contributed by atoms with van der Waals surface area (Å²) in [4.78, 5) is 18.9. The maximum absolute atomic E-state index is 13.4. The Morgan fingerprint density at radius 2 is 1.49 bits per heavy atom. The summed E-state index contributed by atoms with van der Waals surface area (Å²) >= 11 is 0. The first-order valence-electron chi connectivity index (χ1n) is 21.3. The van der Waals surface area contributed by atoms with Crippen LogP contribution in [-0.2, 0) is 42.8 Å². The third kappa shape index (κ3) is 9.60. The van der Waals surface area contributed by atoms with Gasteiger partial charge in [-0.1, -0.05) is 25.7 Å². The van der Waals surface area contributed by atoms with Gasteiger partial charge in [0.25, 0.3) is 0 Å². The first-order valence-corrected chi connectivity index (χ1v) is 21.3. The highest BCUT2D eigenvalue weighted by molar-refractivity contribution is 5.78. The summed E-state index contributed by atoms with van der Waals surface area (Å²) < 4.78 is 45.6. The van der Waals surface area contributed by atoms with E-state index >= 15 is 0 Å². The number of nitrogens with two attached hydrogens (primary N) is 2. The van der Waals surface area contributed by atoms with Gasteiger partial charge in [-0.3, -0.25) is 9.63 Å². The molecular formula is C42H68N2O11. The van der Waals surface area contributed by atoms with Crippen LogP contribution >= 0.6 is 0 Å². The molecule has 9 rings (SSSR count). The fourth-order valence-corrected chi connectivity index (χ4v) is 10.7. The average Bonchev–Trinajstić information content (AvgIpc) is 3.92. The number of rotatable bonds is 5. The monoisotopic (exact) mass is 776 g/mol. The number of hydrogen-bond donors (Lipinski definition) is 4. The normalized spacial score (nSPS) is 46.8. The molecule has 0 aromatic heterocycles. The minimum absolute atomic E-state index is 0.0513. The van der Waals surface area contributed by atoms with E-state index in [0.717, 1.165) is 56.1 Å². The highest BCUT2D eigenvalue weighted by Crippen LogP contribution is 2.46. The molecule has 18 atom stereocenters. The Balaban J connectivity index is 1.03. The number of aliphatic hydroxyl groups is 2. The third-order valence-corrected chi connectivity index (χ3v) is 13.9. The fraction of sp³-hybridized carbons (Fsp3) is 0.881. The molecule has 9 heterocycles. The van der Waals surface area contributed by atoms with E-state index < -0.39 is 24.4 Å². The lowest BCUT2D eigenvalue weighted by Gasteiger charge is -2.48. The number of ketones is 1. The zero-order valence-electron chi connectivity index (χ0n) is 33.1. The van der Waals surface area contributed by atoms with Gasteiger partial charge in [-0.15, -0.1) is 0 Å². The molecular weight excluding hydrogens is 708 g/mol. The first-order chi connectivity index (χ1) is 26.5. The Kier molecular flexibility index (Phi) is 14.2. The highest BCUT2D eigenvalue weighted by atomic mass is 16.7. The number of carbonyl (C=O) groups is 1. The zero-order valence-corrected chi connectivity index (χ0v) is 33.1. The van der Waals surface area contributed by atoms with Crippen molar-refractivity contribution >= 4 is 5.78 Å². The second-order valence-electron chi connectivity index (χ2n) is 17.7. The number of allylic oxidation sites excluding steroid dienone is 1. The molecule has 0 spiro atoms. The minimum Gasteiger partial charge on any atom is -0.393 e. The highest BCUT2D eigenvalue weighted by Gasteiger charge is 2.60. The van der Waals surface area contributed by atoms with Crippen molar-refractivity contribution in [1.29, 1.82) is 0 Å². The predicted molar refractivity (Wildman–Crippen MR) is 203 cm³/mol. The molecule has 0 aromatic rings. The van der Waals surface area contributed by atoms with Gasteiger partial charge in [0, 0.05) is 45.3 Å². The van der Waals surface area contributed by atoms with Crippen LogP contribution in [0.5, 0.6) is 0 Å².